The van der Waals surface area contributed by atoms with Crippen LogP contribution in [0.15, 0.2) is 67.3 Å². The molecule has 3 rings (SSSR count). The zero-order chi connectivity index (χ0) is 24.9. The second-order valence-corrected chi connectivity index (χ2v) is 8.15. The lowest BCUT2D eigenvalue weighted by Crippen LogP contribution is -2.38. The van der Waals surface area contributed by atoms with Crippen molar-refractivity contribution in [2.75, 3.05) is 33.9 Å². The van der Waals surface area contributed by atoms with E-state index in [9.17, 15) is 9.90 Å². The molecule has 0 aliphatic rings. The summed E-state index contributed by atoms with van der Waals surface area (Å²) in [6.45, 7) is 1.39. The van der Waals surface area contributed by atoms with Crippen LogP contribution in [0, 0.1) is 0 Å². The van der Waals surface area contributed by atoms with Crippen LogP contribution in [0.1, 0.15) is 24.0 Å². The van der Waals surface area contributed by atoms with E-state index in [2.05, 4.69) is 15.6 Å². The lowest BCUT2D eigenvalue weighted by atomic mass is 10.1. The number of carbonyl (C=O) groups is 1. The van der Waals surface area contributed by atoms with Gasteiger partial charge in [0.15, 0.2) is 0 Å². The molecule has 0 radical (unpaired) electrons. The topological polar surface area (TPSA) is 97.6 Å². The van der Waals surface area contributed by atoms with Crippen LogP contribution in [0.3, 0.4) is 0 Å². The summed E-state index contributed by atoms with van der Waals surface area (Å²) >= 11 is 0. The van der Waals surface area contributed by atoms with Crippen molar-refractivity contribution >= 4 is 12.0 Å². The Balaban J connectivity index is 1.28. The van der Waals surface area contributed by atoms with Gasteiger partial charge in [-0.3, -0.25) is 4.79 Å². The zero-order valence-corrected chi connectivity index (χ0v) is 20.3. The number of carbonyl (C=O) groups excluding carboxylic acids is 1. The molecule has 35 heavy (non-hydrogen) atoms. The minimum Gasteiger partial charge on any atom is -0.497 e. The molecule has 0 aliphatic heterocycles. The smallest absolute Gasteiger partial charge is 0.223 e. The van der Waals surface area contributed by atoms with Gasteiger partial charge < -0.3 is 29.8 Å². The first kappa shape index (κ1) is 26.0. The lowest BCUT2D eigenvalue weighted by molar-refractivity contribution is -0.120. The van der Waals surface area contributed by atoms with Crippen LogP contribution in [-0.2, 0) is 11.2 Å². The molecule has 3 aromatic rings. The molecule has 0 saturated carbocycles. The second kappa shape index (κ2) is 13.9. The molecule has 0 spiro atoms. The number of ether oxygens (including phenoxy) is 2. The molecule has 1 amide bonds. The Morgan fingerprint density at radius 3 is 2.51 bits per heavy atom. The first-order chi connectivity index (χ1) is 17.1. The number of benzene rings is 2. The monoisotopic (exact) mass is 478 g/mol. The highest BCUT2D eigenvalue weighted by molar-refractivity contribution is 5.78. The average molecular weight is 479 g/mol. The van der Waals surface area contributed by atoms with Crippen LogP contribution in [0.25, 0.3) is 11.8 Å². The molecular formula is C27H34N4O4. The number of aryl methyl sites for hydroxylation is 1. The summed E-state index contributed by atoms with van der Waals surface area (Å²) < 4.78 is 12.5. The van der Waals surface area contributed by atoms with E-state index in [1.165, 1.54) is 0 Å². The first-order valence-electron chi connectivity index (χ1n) is 11.7. The Bertz CT molecular complexity index is 1040. The van der Waals surface area contributed by atoms with Gasteiger partial charge in [-0.1, -0.05) is 24.3 Å². The Kier molecular flexibility index (Phi) is 10.3. The number of methoxy groups -OCH3 is 2. The quantitative estimate of drug-likeness (QED) is 0.308. The molecule has 8 nitrogen and oxygen atoms in total. The van der Waals surface area contributed by atoms with E-state index in [0.29, 0.717) is 6.54 Å². The molecule has 0 saturated heterocycles. The van der Waals surface area contributed by atoms with Crippen LogP contribution in [-0.4, -0.2) is 60.5 Å². The van der Waals surface area contributed by atoms with Gasteiger partial charge in [0, 0.05) is 43.7 Å². The van der Waals surface area contributed by atoms with Gasteiger partial charge in [-0.15, -0.1) is 0 Å². The molecule has 0 aliphatic carbocycles. The predicted molar refractivity (Wildman–Crippen MR) is 137 cm³/mol. The zero-order valence-electron chi connectivity index (χ0n) is 20.3. The Hall–Kier alpha value is -3.62. The number of imidazole rings is 1. The van der Waals surface area contributed by atoms with E-state index < -0.39 is 6.10 Å². The molecule has 1 unspecified atom stereocenters. The number of aliphatic hydroxyl groups is 1. The Morgan fingerprint density at radius 1 is 1.11 bits per heavy atom. The fourth-order valence-corrected chi connectivity index (χ4v) is 3.54. The van der Waals surface area contributed by atoms with Crippen LogP contribution in [0.4, 0.5) is 0 Å². The van der Waals surface area contributed by atoms with Crippen LogP contribution >= 0.6 is 0 Å². The third-order valence-corrected chi connectivity index (χ3v) is 5.45. The van der Waals surface area contributed by atoms with Gasteiger partial charge in [0.2, 0.25) is 5.91 Å². The highest BCUT2D eigenvalue weighted by Gasteiger charge is 2.06. The average Bonchev–Trinajstić information content (AvgIpc) is 3.42. The maximum Gasteiger partial charge on any atom is 0.223 e. The summed E-state index contributed by atoms with van der Waals surface area (Å²) in [7, 11) is 3.28. The fraction of sp³-hybridized carbons (Fsp3) is 0.333. The van der Waals surface area contributed by atoms with Gasteiger partial charge in [0.1, 0.15) is 11.5 Å². The van der Waals surface area contributed by atoms with E-state index in [1.54, 1.807) is 26.7 Å². The molecule has 2 aromatic carbocycles. The van der Waals surface area contributed by atoms with Crippen molar-refractivity contribution in [2.45, 2.75) is 25.4 Å². The van der Waals surface area contributed by atoms with Crippen LogP contribution in [0.2, 0.25) is 0 Å². The van der Waals surface area contributed by atoms with Crippen LogP contribution in [0.5, 0.6) is 11.5 Å². The molecule has 1 heterocycles. The van der Waals surface area contributed by atoms with E-state index in [4.69, 9.17) is 9.47 Å². The number of aliphatic hydroxyl groups excluding tert-OH is 1. The molecular weight excluding hydrogens is 444 g/mol. The SMILES string of the molecule is COc1cc(CCCNCC(O)CNC(=O)C/C=C/c2ccc(-n3ccnc3)cc2)cc(OC)c1. The van der Waals surface area contributed by atoms with Gasteiger partial charge in [0.05, 0.1) is 26.7 Å². The normalized spacial score (nSPS) is 12.0. The molecule has 0 fully saturated rings. The summed E-state index contributed by atoms with van der Waals surface area (Å²) in [5.74, 6) is 1.43. The van der Waals surface area contributed by atoms with Crippen molar-refractivity contribution in [2.24, 2.45) is 0 Å². The fourth-order valence-electron chi connectivity index (χ4n) is 3.54. The molecule has 3 N–H and O–H groups in total. The van der Waals surface area contributed by atoms with Gasteiger partial charge >= 0.3 is 0 Å². The summed E-state index contributed by atoms with van der Waals surface area (Å²) in [5.41, 5.74) is 3.18. The van der Waals surface area contributed by atoms with Crippen molar-refractivity contribution in [3.63, 3.8) is 0 Å². The number of aromatic nitrogens is 2. The van der Waals surface area contributed by atoms with E-state index in [-0.39, 0.29) is 18.9 Å². The lowest BCUT2D eigenvalue weighted by Gasteiger charge is -2.13. The van der Waals surface area contributed by atoms with Crippen molar-refractivity contribution in [1.82, 2.24) is 20.2 Å². The molecule has 0 bridgehead atoms. The molecule has 8 heteroatoms. The standard InChI is InChI=1S/C27H34N4O4/c1-34-25-15-22(16-26(17-25)35-2)6-4-12-28-18-24(32)19-30-27(33)7-3-5-21-8-10-23(11-9-21)31-14-13-29-20-31/h3,5,8-11,13-17,20,24,28,32H,4,6-7,12,18-19H2,1-2H3,(H,30,33)/b5-3+. The van der Waals surface area contributed by atoms with E-state index in [0.717, 1.165) is 47.7 Å². The Morgan fingerprint density at radius 2 is 1.86 bits per heavy atom. The van der Waals surface area contributed by atoms with Crippen molar-refractivity contribution in [3.05, 3.63) is 78.4 Å². The number of amides is 1. The van der Waals surface area contributed by atoms with Gasteiger partial charge in [-0.05, 0) is 54.8 Å². The Labute approximate surface area is 206 Å². The minimum atomic E-state index is -0.643. The number of nitrogens with zero attached hydrogens (tertiary/aromatic N) is 2. The predicted octanol–water partition coefficient (Wildman–Crippen LogP) is 2.99. The number of rotatable bonds is 14. The summed E-state index contributed by atoms with van der Waals surface area (Å²) in [4.78, 5) is 16.1. The maximum absolute atomic E-state index is 12.1. The largest absolute Gasteiger partial charge is 0.497 e. The van der Waals surface area contributed by atoms with Crippen molar-refractivity contribution in [1.29, 1.82) is 0 Å². The summed E-state index contributed by atoms with van der Waals surface area (Å²) in [6, 6.07) is 13.8. The van der Waals surface area contributed by atoms with Crippen molar-refractivity contribution < 1.29 is 19.4 Å². The summed E-state index contributed by atoms with van der Waals surface area (Å²) in [6.07, 6.45) is 10.5. The second-order valence-electron chi connectivity index (χ2n) is 8.15. The van der Waals surface area contributed by atoms with Gasteiger partial charge in [-0.25, -0.2) is 4.98 Å². The highest BCUT2D eigenvalue weighted by atomic mass is 16.5. The highest BCUT2D eigenvalue weighted by Crippen LogP contribution is 2.23. The van der Waals surface area contributed by atoms with Gasteiger partial charge in [-0.2, -0.15) is 0 Å². The molecule has 1 atom stereocenters. The van der Waals surface area contributed by atoms with Crippen molar-refractivity contribution in [3.8, 4) is 17.2 Å². The third-order valence-electron chi connectivity index (χ3n) is 5.45. The first-order valence-corrected chi connectivity index (χ1v) is 11.7. The maximum atomic E-state index is 12.1. The molecule has 186 valence electrons. The number of nitrogens with one attached hydrogen (secondary N) is 2. The number of hydrogen-bond donors (Lipinski definition) is 3. The van der Waals surface area contributed by atoms with Crippen LogP contribution < -0.4 is 20.1 Å². The summed E-state index contributed by atoms with van der Waals surface area (Å²) in [5, 5.41) is 16.1. The van der Waals surface area contributed by atoms with E-state index >= 15 is 0 Å². The van der Waals surface area contributed by atoms with E-state index in [1.807, 2.05) is 65.4 Å². The molecule has 1 aromatic heterocycles. The number of hydrogen-bond acceptors (Lipinski definition) is 6. The third kappa shape index (κ3) is 8.92. The van der Waals surface area contributed by atoms with Gasteiger partial charge in [0.25, 0.3) is 0 Å². The minimum absolute atomic E-state index is 0.123.